The van der Waals surface area contributed by atoms with Crippen molar-refractivity contribution in [3.8, 4) is 0 Å². The van der Waals surface area contributed by atoms with Crippen molar-refractivity contribution in [2.24, 2.45) is 0 Å². The summed E-state index contributed by atoms with van der Waals surface area (Å²) in [6, 6.07) is 17.4. The van der Waals surface area contributed by atoms with E-state index >= 15 is 0 Å². The van der Waals surface area contributed by atoms with Crippen LogP contribution in [-0.2, 0) is 38.7 Å². The molecule has 4 rings (SSSR count). The van der Waals surface area contributed by atoms with Crippen LogP contribution in [0, 0.1) is 6.92 Å². The molecule has 136 valence electrons. The molecule has 3 aromatic rings. The van der Waals surface area contributed by atoms with Crippen LogP contribution in [-0.4, -0.2) is 0 Å². The fourth-order valence-electron chi connectivity index (χ4n) is 3.58. The Kier molecular flexibility index (Phi) is 11.2. The van der Waals surface area contributed by atoms with Crippen LogP contribution >= 0.6 is 24.8 Å². The summed E-state index contributed by atoms with van der Waals surface area (Å²) in [5.41, 5.74) is 6.28. The second-order valence-electron chi connectivity index (χ2n) is 6.76. The van der Waals surface area contributed by atoms with Crippen LogP contribution in [0.1, 0.15) is 54.9 Å². The average Bonchev–Trinajstić information content (AvgIpc) is 3.13. The number of benzene rings is 1. The smallest absolute Gasteiger partial charge is 0 e. The Hall–Kier alpha value is -0.370. The second kappa shape index (κ2) is 11.4. The van der Waals surface area contributed by atoms with Crippen LogP contribution in [0.5, 0.6) is 0 Å². The van der Waals surface area contributed by atoms with Gasteiger partial charge in [0.05, 0.1) is 0 Å². The van der Waals surface area contributed by atoms with Gasteiger partial charge in [-0.3, -0.25) is 0 Å². The third-order valence-electron chi connectivity index (χ3n) is 4.84. The molecule has 0 spiro atoms. The molecule has 0 unspecified atom stereocenters. The fourth-order valence-corrected chi connectivity index (χ4v) is 3.58. The number of rotatable bonds is 1. The molecular formula is C22H28Cl2Hf-2. The summed E-state index contributed by atoms with van der Waals surface area (Å²) >= 11 is 0. The van der Waals surface area contributed by atoms with E-state index < -0.39 is 0 Å². The second-order valence-corrected chi connectivity index (χ2v) is 6.76. The Morgan fingerprint density at radius 3 is 2.24 bits per heavy atom. The molecule has 0 saturated heterocycles. The zero-order valence-corrected chi connectivity index (χ0v) is 20.6. The van der Waals surface area contributed by atoms with Gasteiger partial charge in [0.1, 0.15) is 0 Å². The van der Waals surface area contributed by atoms with Gasteiger partial charge in [-0.15, -0.1) is 59.3 Å². The summed E-state index contributed by atoms with van der Waals surface area (Å²) in [5.74, 6) is 0.715. The topological polar surface area (TPSA) is 0 Å². The molecule has 0 amide bonds. The van der Waals surface area contributed by atoms with E-state index in [-0.39, 0.29) is 50.7 Å². The molecule has 0 bridgehead atoms. The molecule has 3 aromatic carbocycles. The van der Waals surface area contributed by atoms with Gasteiger partial charge in [-0.05, 0) is 0 Å². The summed E-state index contributed by atoms with van der Waals surface area (Å²) in [7, 11) is 0. The SMILES string of the molecule is CC(C)[c-]1ccc2c1CCCC2.C[c-]1ccc2ccccc21.Cl.Cl.[Hf]. The van der Waals surface area contributed by atoms with Gasteiger partial charge in [-0.1, -0.05) is 58.4 Å². The summed E-state index contributed by atoms with van der Waals surface area (Å²) in [6.07, 6.45) is 5.45. The molecule has 1 aliphatic rings. The Morgan fingerprint density at radius 1 is 0.880 bits per heavy atom. The largest absolute Gasteiger partial charge is 0.210 e. The van der Waals surface area contributed by atoms with Crippen LogP contribution in [0.15, 0.2) is 48.5 Å². The molecule has 25 heavy (non-hydrogen) atoms. The molecule has 0 atom stereocenters. The monoisotopic (exact) mass is 542 g/mol. The predicted octanol–water partition coefficient (Wildman–Crippen LogP) is 7.12. The molecule has 0 radical (unpaired) electrons. The zero-order valence-electron chi connectivity index (χ0n) is 15.3. The van der Waals surface area contributed by atoms with E-state index in [9.17, 15) is 0 Å². The minimum atomic E-state index is 0. The fraction of sp³-hybridized carbons (Fsp3) is 0.364. The van der Waals surface area contributed by atoms with Crippen LogP contribution in [0.4, 0.5) is 0 Å². The average molecular weight is 542 g/mol. The number of halogens is 2. The van der Waals surface area contributed by atoms with Gasteiger partial charge in [0, 0.05) is 25.8 Å². The van der Waals surface area contributed by atoms with Crippen LogP contribution in [0.2, 0.25) is 0 Å². The normalized spacial score (nSPS) is 12.2. The zero-order chi connectivity index (χ0) is 15.5. The summed E-state index contributed by atoms with van der Waals surface area (Å²) < 4.78 is 0. The van der Waals surface area contributed by atoms with Gasteiger partial charge < -0.3 is 0 Å². The van der Waals surface area contributed by atoms with Crippen LogP contribution in [0.3, 0.4) is 0 Å². The van der Waals surface area contributed by atoms with Crippen molar-refractivity contribution < 1.29 is 25.8 Å². The Bertz CT molecular complexity index is 752. The van der Waals surface area contributed by atoms with Gasteiger partial charge in [0.15, 0.2) is 0 Å². The maximum absolute atomic E-state index is 2.34. The van der Waals surface area contributed by atoms with E-state index in [1.807, 2.05) is 0 Å². The van der Waals surface area contributed by atoms with Crippen molar-refractivity contribution in [1.29, 1.82) is 0 Å². The Balaban J connectivity index is 0.000000416. The molecule has 0 fully saturated rings. The summed E-state index contributed by atoms with van der Waals surface area (Å²) in [6.45, 7) is 6.73. The molecule has 1 aliphatic carbocycles. The van der Waals surface area contributed by atoms with Gasteiger partial charge in [0.25, 0.3) is 0 Å². The molecule has 0 aliphatic heterocycles. The molecule has 0 aromatic heterocycles. The minimum Gasteiger partial charge on any atom is -0.210 e. The molecule has 0 nitrogen and oxygen atoms in total. The molecule has 0 N–H and O–H groups in total. The van der Waals surface area contributed by atoms with Gasteiger partial charge in [-0.25, -0.2) is 6.07 Å². The maximum atomic E-state index is 2.34. The van der Waals surface area contributed by atoms with Crippen LogP contribution < -0.4 is 0 Å². The minimum absolute atomic E-state index is 0. The number of fused-ring (bicyclic) bond motifs is 2. The van der Waals surface area contributed by atoms with Gasteiger partial charge in [0.2, 0.25) is 0 Å². The summed E-state index contributed by atoms with van der Waals surface area (Å²) in [4.78, 5) is 0. The first kappa shape index (κ1) is 24.6. The first-order chi connectivity index (χ1) is 10.7. The van der Waals surface area contributed by atoms with Crippen molar-refractivity contribution in [1.82, 2.24) is 0 Å². The predicted molar refractivity (Wildman–Crippen MR) is 112 cm³/mol. The van der Waals surface area contributed by atoms with Crippen molar-refractivity contribution in [2.75, 3.05) is 0 Å². The Labute approximate surface area is 183 Å². The van der Waals surface area contributed by atoms with E-state index in [4.69, 9.17) is 0 Å². The molecule has 0 saturated carbocycles. The van der Waals surface area contributed by atoms with E-state index in [1.54, 1.807) is 16.7 Å². The van der Waals surface area contributed by atoms with Crippen LogP contribution in [0.25, 0.3) is 10.8 Å². The molecular weight excluding hydrogens is 514 g/mol. The van der Waals surface area contributed by atoms with E-state index in [0.29, 0.717) is 5.92 Å². The van der Waals surface area contributed by atoms with Crippen molar-refractivity contribution in [3.63, 3.8) is 0 Å². The van der Waals surface area contributed by atoms with Crippen molar-refractivity contribution in [2.45, 2.75) is 52.4 Å². The third kappa shape index (κ3) is 5.81. The van der Waals surface area contributed by atoms with Gasteiger partial charge >= 0.3 is 0 Å². The number of hydrogen-bond acceptors (Lipinski definition) is 0. The third-order valence-corrected chi connectivity index (χ3v) is 4.84. The van der Waals surface area contributed by atoms with Crippen molar-refractivity contribution >= 4 is 35.6 Å². The summed E-state index contributed by atoms with van der Waals surface area (Å²) in [5, 5.41) is 2.72. The van der Waals surface area contributed by atoms with Gasteiger partial charge in [-0.2, -0.15) is 34.9 Å². The van der Waals surface area contributed by atoms with E-state index in [2.05, 4.69) is 69.3 Å². The molecule has 3 heteroatoms. The maximum Gasteiger partial charge on any atom is 0 e. The standard InChI is InChI=1S/C12H17.C10H9.2ClH.Hf/c1-9(2)11-8-7-10-5-3-4-6-12(10)11;1-8-6-7-9-4-2-3-5-10(8)9;;;/h7-9H,3-6H2,1-2H3;2-7H,1H3;2*1H;/q2*-1;;;. The van der Waals surface area contributed by atoms with Crippen molar-refractivity contribution in [3.05, 3.63) is 70.8 Å². The van der Waals surface area contributed by atoms with E-state index in [0.717, 1.165) is 0 Å². The van der Waals surface area contributed by atoms with E-state index in [1.165, 1.54) is 42.0 Å². The Morgan fingerprint density at radius 2 is 1.56 bits per heavy atom. The number of aryl methyl sites for hydroxylation is 2. The first-order valence-electron chi connectivity index (χ1n) is 8.55. The molecule has 0 heterocycles. The number of hydrogen-bond donors (Lipinski definition) is 0. The quantitative estimate of drug-likeness (QED) is 0.227. The first-order valence-corrected chi connectivity index (χ1v) is 8.55.